The van der Waals surface area contributed by atoms with Gasteiger partial charge < -0.3 is 15.5 Å². The van der Waals surface area contributed by atoms with Crippen molar-refractivity contribution in [2.45, 2.75) is 20.0 Å². The van der Waals surface area contributed by atoms with Gasteiger partial charge in [-0.15, -0.1) is 10.2 Å². The van der Waals surface area contributed by atoms with Crippen LogP contribution in [0.5, 0.6) is 0 Å². The fourth-order valence-electron chi connectivity index (χ4n) is 1.20. The summed E-state index contributed by atoms with van der Waals surface area (Å²) in [5, 5.41) is 10.1. The first-order chi connectivity index (χ1) is 8.17. The average molecular weight is 239 g/mol. The molecule has 0 spiro atoms. The Labute approximate surface area is 99.7 Å². The lowest BCUT2D eigenvalue weighted by atomic mass is 10.3. The van der Waals surface area contributed by atoms with Gasteiger partial charge in [0.25, 0.3) is 5.91 Å². The molecule has 94 valence electrons. The zero-order chi connectivity index (χ0) is 12.7. The number of hydrogen-bond acceptors (Lipinski definition) is 6. The van der Waals surface area contributed by atoms with Gasteiger partial charge in [-0.1, -0.05) is 0 Å². The van der Waals surface area contributed by atoms with Crippen molar-refractivity contribution in [3.63, 3.8) is 0 Å². The Morgan fingerprint density at radius 2 is 2.29 bits per heavy atom. The molecule has 0 saturated heterocycles. The van der Waals surface area contributed by atoms with Crippen LogP contribution in [0.15, 0.2) is 12.1 Å². The molecule has 17 heavy (non-hydrogen) atoms. The molecule has 0 bridgehead atoms. The zero-order valence-corrected chi connectivity index (χ0v) is 9.93. The van der Waals surface area contributed by atoms with E-state index < -0.39 is 0 Å². The van der Waals surface area contributed by atoms with Crippen molar-refractivity contribution in [2.75, 3.05) is 18.6 Å². The molecule has 1 aromatic heterocycles. The number of hydrazine groups is 1. The summed E-state index contributed by atoms with van der Waals surface area (Å²) >= 11 is 0. The van der Waals surface area contributed by atoms with Crippen LogP contribution in [-0.4, -0.2) is 35.4 Å². The van der Waals surface area contributed by atoms with Crippen molar-refractivity contribution in [1.82, 2.24) is 15.5 Å². The second-order valence-corrected chi connectivity index (χ2v) is 3.42. The standard InChI is InChI=1S/C10H17N5O2/c1-3-17-7(2)6-12-10(16)8-4-5-9(13-11)15-14-8/h4-5,7H,3,6,11H2,1-2H3,(H,12,16)(H,13,15). The fraction of sp³-hybridized carbons (Fsp3) is 0.500. The highest BCUT2D eigenvalue weighted by atomic mass is 16.5. The Kier molecular flexibility index (Phi) is 5.31. The lowest BCUT2D eigenvalue weighted by molar-refractivity contribution is 0.0693. The van der Waals surface area contributed by atoms with Crippen LogP contribution in [0, 0.1) is 0 Å². The maximum absolute atomic E-state index is 11.6. The van der Waals surface area contributed by atoms with Crippen molar-refractivity contribution in [1.29, 1.82) is 0 Å². The number of nitrogens with one attached hydrogen (secondary N) is 2. The fourth-order valence-corrected chi connectivity index (χ4v) is 1.20. The highest BCUT2D eigenvalue weighted by Gasteiger charge is 2.09. The van der Waals surface area contributed by atoms with Gasteiger partial charge in [0, 0.05) is 13.2 Å². The molecule has 1 amide bonds. The van der Waals surface area contributed by atoms with E-state index in [1.807, 2.05) is 13.8 Å². The Hall–Kier alpha value is -1.73. The number of amides is 1. The maximum Gasteiger partial charge on any atom is 0.271 e. The number of nitrogens with zero attached hydrogens (tertiary/aromatic N) is 2. The predicted molar refractivity (Wildman–Crippen MR) is 63.3 cm³/mol. The number of aromatic nitrogens is 2. The summed E-state index contributed by atoms with van der Waals surface area (Å²) in [5.41, 5.74) is 2.58. The number of ether oxygens (including phenoxy) is 1. The molecule has 0 aromatic carbocycles. The number of carbonyl (C=O) groups excluding carboxylic acids is 1. The largest absolute Gasteiger partial charge is 0.377 e. The first kappa shape index (κ1) is 13.3. The molecule has 7 heteroatoms. The van der Waals surface area contributed by atoms with Crippen LogP contribution in [0.4, 0.5) is 5.82 Å². The van der Waals surface area contributed by atoms with Crippen LogP contribution < -0.4 is 16.6 Å². The molecular weight excluding hydrogens is 222 g/mol. The van der Waals surface area contributed by atoms with Crippen molar-refractivity contribution in [3.05, 3.63) is 17.8 Å². The lowest BCUT2D eigenvalue weighted by Crippen LogP contribution is -2.32. The van der Waals surface area contributed by atoms with E-state index in [0.717, 1.165) is 0 Å². The summed E-state index contributed by atoms with van der Waals surface area (Å²) in [6.45, 7) is 4.85. The molecule has 0 aliphatic heterocycles. The lowest BCUT2D eigenvalue weighted by Gasteiger charge is -2.12. The van der Waals surface area contributed by atoms with E-state index in [4.69, 9.17) is 10.6 Å². The minimum absolute atomic E-state index is 0.0260. The van der Waals surface area contributed by atoms with Crippen LogP contribution in [-0.2, 0) is 4.74 Å². The molecule has 1 unspecified atom stereocenters. The van der Waals surface area contributed by atoms with Crippen LogP contribution in [0.2, 0.25) is 0 Å². The van der Waals surface area contributed by atoms with Gasteiger partial charge in [0.1, 0.15) is 0 Å². The van der Waals surface area contributed by atoms with Gasteiger partial charge in [-0.05, 0) is 26.0 Å². The number of nitrogen functional groups attached to an aromatic ring is 1. The van der Waals surface area contributed by atoms with Crippen molar-refractivity contribution >= 4 is 11.7 Å². The molecule has 0 saturated carbocycles. The third-order valence-corrected chi connectivity index (χ3v) is 2.05. The first-order valence-electron chi connectivity index (χ1n) is 5.37. The Balaban J connectivity index is 2.46. The van der Waals surface area contributed by atoms with Gasteiger partial charge in [-0.25, -0.2) is 5.84 Å². The van der Waals surface area contributed by atoms with Crippen molar-refractivity contribution in [3.8, 4) is 0 Å². The molecule has 1 atom stereocenters. The molecule has 1 rings (SSSR count). The van der Waals surface area contributed by atoms with Crippen molar-refractivity contribution in [2.24, 2.45) is 5.84 Å². The van der Waals surface area contributed by atoms with E-state index in [1.165, 1.54) is 0 Å². The Morgan fingerprint density at radius 1 is 1.53 bits per heavy atom. The van der Waals surface area contributed by atoms with Gasteiger partial charge >= 0.3 is 0 Å². The van der Waals surface area contributed by atoms with E-state index >= 15 is 0 Å². The molecule has 1 heterocycles. The second-order valence-electron chi connectivity index (χ2n) is 3.42. The third-order valence-electron chi connectivity index (χ3n) is 2.05. The normalized spacial score (nSPS) is 11.9. The molecule has 0 aliphatic carbocycles. The number of nitrogens with two attached hydrogens (primary N) is 1. The SMILES string of the molecule is CCOC(C)CNC(=O)c1ccc(NN)nn1. The van der Waals surface area contributed by atoms with Gasteiger partial charge in [0.2, 0.25) is 0 Å². The summed E-state index contributed by atoms with van der Waals surface area (Å²) in [7, 11) is 0. The summed E-state index contributed by atoms with van der Waals surface area (Å²) in [4.78, 5) is 11.6. The van der Waals surface area contributed by atoms with Gasteiger partial charge in [0.05, 0.1) is 6.10 Å². The molecular formula is C10H17N5O2. The van der Waals surface area contributed by atoms with E-state index in [2.05, 4.69) is 20.9 Å². The van der Waals surface area contributed by atoms with Crippen LogP contribution in [0.1, 0.15) is 24.3 Å². The molecule has 1 aromatic rings. The molecule has 7 nitrogen and oxygen atoms in total. The summed E-state index contributed by atoms with van der Waals surface area (Å²) < 4.78 is 5.29. The van der Waals surface area contributed by atoms with Gasteiger partial charge in [-0.3, -0.25) is 4.79 Å². The predicted octanol–water partition coefficient (Wildman–Crippen LogP) is -0.0830. The van der Waals surface area contributed by atoms with Crippen molar-refractivity contribution < 1.29 is 9.53 Å². The Morgan fingerprint density at radius 3 is 2.82 bits per heavy atom. The topological polar surface area (TPSA) is 102 Å². The number of hydrogen-bond donors (Lipinski definition) is 3. The summed E-state index contributed by atoms with van der Waals surface area (Å²) in [6.07, 6.45) is -0.0260. The first-order valence-corrected chi connectivity index (χ1v) is 5.37. The number of anilines is 1. The van der Waals surface area contributed by atoms with Crippen LogP contribution >= 0.6 is 0 Å². The maximum atomic E-state index is 11.6. The monoisotopic (exact) mass is 239 g/mol. The Bertz CT molecular complexity index is 354. The zero-order valence-electron chi connectivity index (χ0n) is 9.93. The second kappa shape index (κ2) is 6.77. The molecule has 4 N–H and O–H groups in total. The smallest absolute Gasteiger partial charge is 0.271 e. The number of carbonyl (C=O) groups is 1. The van der Waals surface area contributed by atoms with E-state index in [-0.39, 0.29) is 17.7 Å². The molecule has 0 aliphatic rings. The summed E-state index contributed by atoms with van der Waals surface area (Å²) in [5.74, 6) is 5.26. The molecule has 0 fully saturated rings. The van der Waals surface area contributed by atoms with E-state index in [0.29, 0.717) is 19.0 Å². The van der Waals surface area contributed by atoms with Gasteiger partial charge in [-0.2, -0.15) is 0 Å². The quantitative estimate of drug-likeness (QED) is 0.474. The minimum atomic E-state index is -0.285. The average Bonchev–Trinajstić information content (AvgIpc) is 2.36. The highest BCUT2D eigenvalue weighted by molar-refractivity contribution is 5.92. The van der Waals surface area contributed by atoms with Crippen LogP contribution in [0.3, 0.4) is 0 Å². The summed E-state index contributed by atoms with van der Waals surface area (Å²) in [6, 6.07) is 3.12. The highest BCUT2D eigenvalue weighted by Crippen LogP contribution is 1.99. The minimum Gasteiger partial charge on any atom is -0.377 e. The van der Waals surface area contributed by atoms with Crippen LogP contribution in [0.25, 0.3) is 0 Å². The molecule has 0 radical (unpaired) electrons. The third kappa shape index (κ3) is 4.33. The van der Waals surface area contributed by atoms with E-state index in [1.54, 1.807) is 12.1 Å². The van der Waals surface area contributed by atoms with E-state index in [9.17, 15) is 4.79 Å². The number of rotatable bonds is 6. The van der Waals surface area contributed by atoms with Gasteiger partial charge in [0.15, 0.2) is 11.5 Å².